The van der Waals surface area contributed by atoms with E-state index in [0.29, 0.717) is 5.41 Å². The van der Waals surface area contributed by atoms with Crippen molar-refractivity contribution in [1.82, 2.24) is 10.2 Å². The van der Waals surface area contributed by atoms with Crippen LogP contribution in [-0.4, -0.2) is 31.6 Å². The van der Waals surface area contributed by atoms with Crippen molar-refractivity contribution in [2.24, 2.45) is 5.41 Å². The minimum atomic E-state index is 0.483. The van der Waals surface area contributed by atoms with Gasteiger partial charge in [-0.05, 0) is 44.0 Å². The molecule has 0 saturated heterocycles. The summed E-state index contributed by atoms with van der Waals surface area (Å²) in [6, 6.07) is 4.05. The largest absolute Gasteiger partial charge is 0.468 e. The average molecular weight is 250 g/mol. The Hall–Kier alpha value is -0.800. The molecule has 0 aromatic carbocycles. The van der Waals surface area contributed by atoms with Crippen LogP contribution in [0.1, 0.15) is 38.4 Å². The van der Waals surface area contributed by atoms with Crippen LogP contribution in [0.5, 0.6) is 0 Å². The fourth-order valence-corrected chi connectivity index (χ4v) is 3.27. The van der Waals surface area contributed by atoms with Gasteiger partial charge in [0.2, 0.25) is 0 Å². The molecule has 0 spiro atoms. The van der Waals surface area contributed by atoms with E-state index in [1.165, 1.54) is 32.2 Å². The Bertz CT molecular complexity index is 328. The van der Waals surface area contributed by atoms with Gasteiger partial charge in [0.1, 0.15) is 5.76 Å². The number of rotatable bonds is 7. The van der Waals surface area contributed by atoms with Gasteiger partial charge >= 0.3 is 0 Å². The summed E-state index contributed by atoms with van der Waals surface area (Å²) < 4.78 is 5.47. The molecule has 102 valence electrons. The highest BCUT2D eigenvalue weighted by atomic mass is 16.3. The molecule has 1 aromatic heterocycles. The first-order chi connectivity index (χ1) is 8.78. The molecule has 0 unspecified atom stereocenters. The van der Waals surface area contributed by atoms with Gasteiger partial charge in [0.05, 0.1) is 12.8 Å². The second-order valence-corrected chi connectivity index (χ2v) is 5.62. The minimum Gasteiger partial charge on any atom is -0.468 e. The summed E-state index contributed by atoms with van der Waals surface area (Å²) in [6.07, 6.45) is 7.27. The first kappa shape index (κ1) is 13.6. The summed E-state index contributed by atoms with van der Waals surface area (Å²) in [5.74, 6) is 1.08. The third kappa shape index (κ3) is 3.36. The zero-order chi connectivity index (χ0) is 12.8. The fraction of sp³-hybridized carbons (Fsp3) is 0.733. The van der Waals surface area contributed by atoms with Crippen LogP contribution in [0.3, 0.4) is 0 Å². The van der Waals surface area contributed by atoms with Crippen molar-refractivity contribution in [2.45, 2.75) is 39.2 Å². The van der Waals surface area contributed by atoms with Crippen LogP contribution in [0.15, 0.2) is 22.8 Å². The molecule has 2 rings (SSSR count). The molecule has 3 heteroatoms. The fourth-order valence-electron chi connectivity index (χ4n) is 3.27. The highest BCUT2D eigenvalue weighted by Gasteiger charge is 2.34. The van der Waals surface area contributed by atoms with E-state index in [1.54, 1.807) is 6.26 Å². The lowest BCUT2D eigenvalue weighted by Crippen LogP contribution is -2.41. The van der Waals surface area contributed by atoms with E-state index < -0.39 is 0 Å². The Morgan fingerprint density at radius 1 is 1.39 bits per heavy atom. The van der Waals surface area contributed by atoms with Crippen LogP contribution in [0.25, 0.3) is 0 Å². The lowest BCUT2D eigenvalue weighted by atomic mass is 9.85. The molecule has 1 fully saturated rings. The number of furan rings is 1. The van der Waals surface area contributed by atoms with Crippen LogP contribution in [0.4, 0.5) is 0 Å². The highest BCUT2D eigenvalue weighted by molar-refractivity contribution is 4.99. The molecule has 0 aliphatic heterocycles. The predicted octanol–water partition coefficient (Wildman–Crippen LogP) is 2.88. The van der Waals surface area contributed by atoms with Crippen LogP contribution < -0.4 is 5.32 Å². The monoisotopic (exact) mass is 250 g/mol. The SMILES string of the molecule is CCN(Cc1ccco1)CC1(CNC)CCCC1. The Morgan fingerprint density at radius 2 is 2.17 bits per heavy atom. The van der Waals surface area contributed by atoms with Gasteiger partial charge in [0, 0.05) is 13.1 Å². The number of hydrogen-bond acceptors (Lipinski definition) is 3. The van der Waals surface area contributed by atoms with E-state index in [0.717, 1.165) is 25.4 Å². The van der Waals surface area contributed by atoms with E-state index in [9.17, 15) is 0 Å². The first-order valence-corrected chi connectivity index (χ1v) is 7.17. The van der Waals surface area contributed by atoms with Crippen LogP contribution >= 0.6 is 0 Å². The van der Waals surface area contributed by atoms with Gasteiger partial charge in [-0.3, -0.25) is 4.90 Å². The van der Waals surface area contributed by atoms with Crippen LogP contribution in [-0.2, 0) is 6.54 Å². The number of nitrogens with one attached hydrogen (secondary N) is 1. The van der Waals surface area contributed by atoms with Gasteiger partial charge in [-0.1, -0.05) is 19.8 Å². The quantitative estimate of drug-likeness (QED) is 0.806. The molecule has 1 aliphatic carbocycles. The van der Waals surface area contributed by atoms with Gasteiger partial charge in [0.25, 0.3) is 0 Å². The van der Waals surface area contributed by atoms with Crippen molar-refractivity contribution in [3.05, 3.63) is 24.2 Å². The van der Waals surface area contributed by atoms with Crippen molar-refractivity contribution < 1.29 is 4.42 Å². The summed E-state index contributed by atoms with van der Waals surface area (Å²) in [4.78, 5) is 2.52. The van der Waals surface area contributed by atoms with Crippen LogP contribution in [0, 0.1) is 5.41 Å². The minimum absolute atomic E-state index is 0.483. The molecule has 0 radical (unpaired) electrons. The molecule has 0 atom stereocenters. The lowest BCUT2D eigenvalue weighted by Gasteiger charge is -2.34. The zero-order valence-electron chi connectivity index (χ0n) is 11.7. The summed E-state index contributed by atoms with van der Waals surface area (Å²) >= 11 is 0. The van der Waals surface area contributed by atoms with Crippen molar-refractivity contribution in [1.29, 1.82) is 0 Å². The van der Waals surface area contributed by atoms with Gasteiger partial charge in [-0.25, -0.2) is 0 Å². The van der Waals surface area contributed by atoms with Crippen LogP contribution in [0.2, 0.25) is 0 Å². The molecule has 0 amide bonds. The van der Waals surface area contributed by atoms with Gasteiger partial charge in [-0.15, -0.1) is 0 Å². The smallest absolute Gasteiger partial charge is 0.117 e. The van der Waals surface area contributed by atoms with Crippen molar-refractivity contribution in [3.8, 4) is 0 Å². The Morgan fingerprint density at radius 3 is 2.72 bits per heavy atom. The molecule has 1 saturated carbocycles. The first-order valence-electron chi connectivity index (χ1n) is 7.17. The van der Waals surface area contributed by atoms with Crippen molar-refractivity contribution in [3.63, 3.8) is 0 Å². The maximum absolute atomic E-state index is 5.47. The second-order valence-electron chi connectivity index (χ2n) is 5.62. The maximum atomic E-state index is 5.47. The number of hydrogen-bond donors (Lipinski definition) is 1. The summed E-state index contributed by atoms with van der Waals surface area (Å²) in [5, 5.41) is 3.39. The summed E-state index contributed by atoms with van der Waals surface area (Å²) in [5.41, 5.74) is 0.483. The predicted molar refractivity (Wildman–Crippen MR) is 74.5 cm³/mol. The Balaban J connectivity index is 1.95. The van der Waals surface area contributed by atoms with E-state index in [-0.39, 0.29) is 0 Å². The molecular weight excluding hydrogens is 224 g/mol. The third-order valence-electron chi connectivity index (χ3n) is 4.18. The second kappa shape index (κ2) is 6.39. The summed E-state index contributed by atoms with van der Waals surface area (Å²) in [6.45, 7) is 6.60. The average Bonchev–Trinajstić information content (AvgIpc) is 3.01. The molecule has 18 heavy (non-hydrogen) atoms. The zero-order valence-corrected chi connectivity index (χ0v) is 11.7. The van der Waals surface area contributed by atoms with Gasteiger partial charge in [-0.2, -0.15) is 0 Å². The molecule has 1 aromatic rings. The number of nitrogens with zero attached hydrogens (tertiary/aromatic N) is 1. The standard InChI is InChI=1S/C15H26N2O/c1-3-17(11-14-7-6-10-18-14)13-15(12-16-2)8-4-5-9-15/h6-7,10,16H,3-5,8-9,11-13H2,1-2H3. The third-order valence-corrected chi connectivity index (χ3v) is 4.18. The molecule has 3 nitrogen and oxygen atoms in total. The Kier molecular flexibility index (Phi) is 4.84. The van der Waals surface area contributed by atoms with Gasteiger partial charge in [0.15, 0.2) is 0 Å². The highest BCUT2D eigenvalue weighted by Crippen LogP contribution is 2.38. The molecule has 1 heterocycles. The molecular formula is C15H26N2O. The van der Waals surface area contributed by atoms with Crippen molar-refractivity contribution in [2.75, 3.05) is 26.7 Å². The van der Waals surface area contributed by atoms with E-state index >= 15 is 0 Å². The van der Waals surface area contributed by atoms with Crippen molar-refractivity contribution >= 4 is 0 Å². The Labute approximate surface area is 111 Å². The van der Waals surface area contributed by atoms with Gasteiger partial charge < -0.3 is 9.73 Å². The normalized spacial score (nSPS) is 18.6. The molecule has 1 N–H and O–H groups in total. The van der Waals surface area contributed by atoms with E-state index in [1.807, 2.05) is 6.07 Å². The lowest BCUT2D eigenvalue weighted by molar-refractivity contribution is 0.143. The molecule has 1 aliphatic rings. The topological polar surface area (TPSA) is 28.4 Å². The summed E-state index contributed by atoms with van der Waals surface area (Å²) in [7, 11) is 2.07. The molecule has 0 bridgehead atoms. The van der Waals surface area contributed by atoms with E-state index in [2.05, 4.69) is 30.3 Å². The van der Waals surface area contributed by atoms with E-state index in [4.69, 9.17) is 4.42 Å². The maximum Gasteiger partial charge on any atom is 0.117 e.